The second-order valence-electron chi connectivity index (χ2n) is 5.07. The molecule has 0 aliphatic rings. The van der Waals surface area contributed by atoms with E-state index in [9.17, 15) is 14.9 Å². The molecule has 9 heteroatoms. The normalized spacial score (nSPS) is 12.1. The highest BCUT2D eigenvalue weighted by molar-refractivity contribution is 6.34. The molecule has 0 aliphatic carbocycles. The Kier molecular flexibility index (Phi) is 4.13. The molecule has 0 bridgehead atoms. The van der Waals surface area contributed by atoms with Gasteiger partial charge in [0, 0.05) is 12.3 Å². The predicted octanol–water partition coefficient (Wildman–Crippen LogP) is 2.78. The van der Waals surface area contributed by atoms with Crippen LogP contribution in [0.4, 0.5) is 5.69 Å². The number of benzene rings is 1. The van der Waals surface area contributed by atoms with Crippen molar-refractivity contribution >= 4 is 28.8 Å². The number of pyridine rings is 1. The highest BCUT2D eigenvalue weighted by Crippen LogP contribution is 2.26. The minimum absolute atomic E-state index is 0.0139. The van der Waals surface area contributed by atoms with Crippen molar-refractivity contribution < 1.29 is 9.72 Å². The molecular formula is C15H12ClN5O3. The van der Waals surface area contributed by atoms with E-state index in [1.807, 2.05) is 12.1 Å². The highest BCUT2D eigenvalue weighted by atomic mass is 35.5. The van der Waals surface area contributed by atoms with Crippen molar-refractivity contribution in [2.24, 2.45) is 0 Å². The van der Waals surface area contributed by atoms with E-state index >= 15 is 0 Å². The summed E-state index contributed by atoms with van der Waals surface area (Å²) in [4.78, 5) is 22.9. The molecule has 2 heterocycles. The molecule has 0 saturated heterocycles. The first-order valence-corrected chi connectivity index (χ1v) is 7.40. The molecule has 3 rings (SSSR count). The molecule has 0 saturated carbocycles. The Morgan fingerprint density at radius 3 is 2.83 bits per heavy atom. The number of nitrogens with one attached hydrogen (secondary N) is 1. The minimum Gasteiger partial charge on any atom is -0.342 e. The molecule has 8 nitrogen and oxygen atoms in total. The van der Waals surface area contributed by atoms with Crippen molar-refractivity contribution in [1.29, 1.82) is 0 Å². The molecule has 0 spiro atoms. The van der Waals surface area contributed by atoms with E-state index < -0.39 is 16.9 Å². The van der Waals surface area contributed by atoms with Gasteiger partial charge in [-0.15, -0.1) is 10.2 Å². The quantitative estimate of drug-likeness (QED) is 0.578. The van der Waals surface area contributed by atoms with Gasteiger partial charge in [-0.2, -0.15) is 0 Å². The molecule has 2 aromatic heterocycles. The third-order valence-electron chi connectivity index (χ3n) is 3.49. The Balaban J connectivity index is 1.92. The number of nitro benzene ring substituents is 1. The van der Waals surface area contributed by atoms with Gasteiger partial charge in [-0.05, 0) is 25.1 Å². The number of carbonyl (C=O) groups excluding carboxylic acids is 1. The smallest absolute Gasteiger partial charge is 0.283 e. The molecule has 0 fully saturated rings. The average Bonchev–Trinajstić information content (AvgIpc) is 2.98. The summed E-state index contributed by atoms with van der Waals surface area (Å²) < 4.78 is 1.73. The minimum atomic E-state index is -0.646. The lowest BCUT2D eigenvalue weighted by atomic mass is 10.1. The number of carbonyl (C=O) groups is 1. The van der Waals surface area contributed by atoms with Gasteiger partial charge in [-0.25, -0.2) is 0 Å². The van der Waals surface area contributed by atoms with E-state index in [2.05, 4.69) is 15.5 Å². The van der Waals surface area contributed by atoms with Crippen molar-refractivity contribution in [3.63, 3.8) is 0 Å². The first-order chi connectivity index (χ1) is 11.5. The van der Waals surface area contributed by atoms with E-state index in [0.717, 1.165) is 0 Å². The van der Waals surface area contributed by atoms with Crippen LogP contribution in [-0.2, 0) is 0 Å². The predicted molar refractivity (Wildman–Crippen MR) is 87.0 cm³/mol. The monoisotopic (exact) mass is 345 g/mol. The van der Waals surface area contributed by atoms with Crippen molar-refractivity contribution in [3.05, 3.63) is 69.1 Å². The molecule has 1 N–H and O–H groups in total. The van der Waals surface area contributed by atoms with Crippen molar-refractivity contribution in [1.82, 2.24) is 19.9 Å². The molecule has 1 unspecified atom stereocenters. The lowest BCUT2D eigenvalue weighted by Gasteiger charge is -2.13. The van der Waals surface area contributed by atoms with Gasteiger partial charge < -0.3 is 5.32 Å². The number of fused-ring (bicyclic) bond motifs is 1. The van der Waals surface area contributed by atoms with Gasteiger partial charge in [-0.3, -0.25) is 19.3 Å². The summed E-state index contributed by atoms with van der Waals surface area (Å²) in [5, 5.41) is 21.9. The number of hydrogen-bond donors (Lipinski definition) is 1. The number of nitrogens with zero attached hydrogens (tertiary/aromatic N) is 4. The number of amides is 1. The first-order valence-electron chi connectivity index (χ1n) is 7.02. The zero-order valence-electron chi connectivity index (χ0n) is 12.5. The summed E-state index contributed by atoms with van der Waals surface area (Å²) in [6.07, 6.45) is 1.77. The standard InChI is InChI=1S/C15H12ClN5O3/c1-9(14-19-18-12-7-2-3-8-20(12)14)17-15(22)13-10(16)5-4-6-11(13)21(23)24/h2-9H,1H3,(H,17,22). The van der Waals surface area contributed by atoms with E-state index in [1.54, 1.807) is 23.6 Å². The number of hydrogen-bond acceptors (Lipinski definition) is 5. The average molecular weight is 346 g/mol. The molecule has 122 valence electrons. The summed E-state index contributed by atoms with van der Waals surface area (Å²) >= 11 is 5.97. The number of nitro groups is 1. The fourth-order valence-electron chi connectivity index (χ4n) is 2.38. The molecule has 0 radical (unpaired) electrons. The largest absolute Gasteiger partial charge is 0.342 e. The Morgan fingerprint density at radius 1 is 1.29 bits per heavy atom. The van der Waals surface area contributed by atoms with Crippen molar-refractivity contribution in [3.8, 4) is 0 Å². The van der Waals surface area contributed by atoms with Gasteiger partial charge in [0.25, 0.3) is 11.6 Å². The SMILES string of the molecule is CC(NC(=O)c1c(Cl)cccc1[N+](=O)[O-])c1nnc2ccccn12. The van der Waals surface area contributed by atoms with Crippen LogP contribution in [-0.4, -0.2) is 25.4 Å². The maximum Gasteiger partial charge on any atom is 0.283 e. The van der Waals surface area contributed by atoms with Gasteiger partial charge >= 0.3 is 0 Å². The van der Waals surface area contributed by atoms with Crippen LogP contribution in [0, 0.1) is 10.1 Å². The summed E-state index contributed by atoms with van der Waals surface area (Å²) in [6.45, 7) is 1.71. The highest BCUT2D eigenvalue weighted by Gasteiger charge is 2.25. The van der Waals surface area contributed by atoms with Crippen LogP contribution in [0.25, 0.3) is 5.65 Å². The van der Waals surface area contributed by atoms with Crippen LogP contribution in [0.3, 0.4) is 0 Å². The van der Waals surface area contributed by atoms with Gasteiger partial charge in [0.2, 0.25) is 0 Å². The number of aromatic nitrogens is 3. The lowest BCUT2D eigenvalue weighted by molar-refractivity contribution is -0.385. The van der Waals surface area contributed by atoms with Crippen molar-refractivity contribution in [2.45, 2.75) is 13.0 Å². The zero-order valence-corrected chi connectivity index (χ0v) is 13.3. The van der Waals surface area contributed by atoms with Crippen molar-refractivity contribution in [2.75, 3.05) is 0 Å². The maximum absolute atomic E-state index is 12.5. The third kappa shape index (κ3) is 2.79. The number of rotatable bonds is 4. The molecule has 3 aromatic rings. The number of halogens is 1. The van der Waals surface area contributed by atoms with Crippen LogP contribution in [0.5, 0.6) is 0 Å². The summed E-state index contributed by atoms with van der Waals surface area (Å²) in [5.41, 5.74) is 0.112. The van der Waals surface area contributed by atoms with Crippen LogP contribution in [0.15, 0.2) is 42.6 Å². The second kappa shape index (κ2) is 6.25. The van der Waals surface area contributed by atoms with Crippen LogP contribution in [0.1, 0.15) is 29.1 Å². The topological polar surface area (TPSA) is 102 Å². The van der Waals surface area contributed by atoms with E-state index in [-0.39, 0.29) is 16.3 Å². The molecular weight excluding hydrogens is 334 g/mol. The van der Waals surface area contributed by atoms with Crippen LogP contribution < -0.4 is 5.32 Å². The first kappa shape index (κ1) is 15.9. The Labute approximate surface area is 141 Å². The van der Waals surface area contributed by atoms with E-state index in [0.29, 0.717) is 11.5 Å². The molecule has 0 aliphatic heterocycles. The third-order valence-corrected chi connectivity index (χ3v) is 3.81. The van der Waals surface area contributed by atoms with Gasteiger partial charge in [0.15, 0.2) is 11.5 Å². The summed E-state index contributed by atoms with van der Waals surface area (Å²) in [6, 6.07) is 8.98. The molecule has 1 atom stereocenters. The Hall–Kier alpha value is -3.00. The fourth-order valence-corrected chi connectivity index (χ4v) is 2.63. The lowest BCUT2D eigenvalue weighted by Crippen LogP contribution is -2.28. The molecule has 1 amide bonds. The molecule has 1 aromatic carbocycles. The summed E-state index contributed by atoms with van der Waals surface area (Å²) in [7, 11) is 0. The van der Waals surface area contributed by atoms with Gasteiger partial charge in [0.05, 0.1) is 16.0 Å². The Bertz CT molecular complexity index is 940. The van der Waals surface area contributed by atoms with E-state index in [4.69, 9.17) is 11.6 Å². The summed E-state index contributed by atoms with van der Waals surface area (Å²) in [5.74, 6) is -0.138. The molecule has 24 heavy (non-hydrogen) atoms. The second-order valence-corrected chi connectivity index (χ2v) is 5.48. The van der Waals surface area contributed by atoms with Crippen LogP contribution in [0.2, 0.25) is 5.02 Å². The Morgan fingerprint density at radius 2 is 2.08 bits per heavy atom. The van der Waals surface area contributed by atoms with Gasteiger partial charge in [-0.1, -0.05) is 23.7 Å². The van der Waals surface area contributed by atoms with Gasteiger partial charge in [0.1, 0.15) is 5.56 Å². The zero-order chi connectivity index (χ0) is 17.3. The van der Waals surface area contributed by atoms with Crippen LogP contribution >= 0.6 is 11.6 Å². The van der Waals surface area contributed by atoms with E-state index in [1.165, 1.54) is 18.2 Å². The maximum atomic E-state index is 12.5. The fraction of sp³-hybridized carbons (Fsp3) is 0.133.